The Morgan fingerprint density at radius 1 is 1.07 bits per heavy atom. The Morgan fingerprint density at radius 2 is 1.85 bits per heavy atom. The molecule has 2 N–H and O–H groups in total. The first-order valence-electron chi connectivity index (χ1n) is 8.35. The van der Waals surface area contributed by atoms with Crippen molar-refractivity contribution >= 4 is 38.6 Å². The van der Waals surface area contributed by atoms with Gasteiger partial charge in [-0.15, -0.1) is 0 Å². The second kappa shape index (κ2) is 7.25. The number of nitrogens with zero attached hydrogens (tertiary/aromatic N) is 1. The SMILES string of the molecule is COc1ccc(Br)c(C(=O)Nc2ccccc2-c2nc3ccccc3[nH]2)c1. The number of nitrogens with one attached hydrogen (secondary N) is 2. The van der Waals surface area contributed by atoms with Gasteiger partial charge in [-0.25, -0.2) is 4.98 Å². The summed E-state index contributed by atoms with van der Waals surface area (Å²) in [6.07, 6.45) is 0. The zero-order valence-corrected chi connectivity index (χ0v) is 16.1. The van der Waals surface area contributed by atoms with Gasteiger partial charge in [0, 0.05) is 10.0 Å². The number of aromatic nitrogens is 2. The highest BCUT2D eigenvalue weighted by atomic mass is 79.9. The number of carbonyl (C=O) groups is 1. The Balaban J connectivity index is 1.70. The van der Waals surface area contributed by atoms with Gasteiger partial charge in [-0.2, -0.15) is 0 Å². The minimum atomic E-state index is -0.232. The Labute approximate surface area is 164 Å². The van der Waals surface area contributed by atoms with Gasteiger partial charge in [0.2, 0.25) is 0 Å². The standard InChI is InChI=1S/C21H16BrN3O2/c1-27-13-10-11-16(22)15(12-13)21(26)25-17-7-3-2-6-14(17)20-23-18-8-4-5-9-19(18)24-20/h2-12H,1H3,(H,23,24)(H,25,26). The van der Waals surface area contributed by atoms with E-state index in [0.29, 0.717) is 27.3 Å². The number of carbonyl (C=O) groups excluding carboxylic acids is 1. The van der Waals surface area contributed by atoms with E-state index >= 15 is 0 Å². The molecule has 0 radical (unpaired) electrons. The highest BCUT2D eigenvalue weighted by Crippen LogP contribution is 2.29. The fraction of sp³-hybridized carbons (Fsp3) is 0.0476. The molecule has 0 bridgehead atoms. The third-order valence-corrected chi connectivity index (χ3v) is 4.93. The quantitative estimate of drug-likeness (QED) is 0.472. The first-order chi connectivity index (χ1) is 13.2. The Bertz CT molecular complexity index is 1100. The second-order valence-electron chi connectivity index (χ2n) is 5.95. The fourth-order valence-corrected chi connectivity index (χ4v) is 3.30. The second-order valence-corrected chi connectivity index (χ2v) is 6.80. The summed E-state index contributed by atoms with van der Waals surface area (Å²) in [5.74, 6) is 1.09. The largest absolute Gasteiger partial charge is 0.497 e. The van der Waals surface area contributed by atoms with E-state index < -0.39 is 0 Å². The topological polar surface area (TPSA) is 67.0 Å². The molecule has 1 heterocycles. The summed E-state index contributed by atoms with van der Waals surface area (Å²) in [5.41, 5.74) is 3.82. The van der Waals surface area contributed by atoms with Gasteiger partial charge in [-0.1, -0.05) is 24.3 Å². The third kappa shape index (κ3) is 3.44. The predicted molar refractivity (Wildman–Crippen MR) is 110 cm³/mol. The molecule has 0 atom stereocenters. The number of para-hydroxylation sites is 3. The molecule has 0 aliphatic heterocycles. The van der Waals surface area contributed by atoms with Gasteiger partial charge in [0.05, 0.1) is 29.4 Å². The van der Waals surface area contributed by atoms with Crippen LogP contribution in [0, 0.1) is 0 Å². The maximum Gasteiger partial charge on any atom is 0.256 e. The number of aromatic amines is 1. The number of hydrogen-bond donors (Lipinski definition) is 2. The summed E-state index contributed by atoms with van der Waals surface area (Å²) >= 11 is 3.43. The van der Waals surface area contributed by atoms with Crippen LogP contribution in [0.5, 0.6) is 5.75 Å². The van der Waals surface area contributed by atoms with Crippen LogP contribution >= 0.6 is 15.9 Å². The van der Waals surface area contributed by atoms with Crippen molar-refractivity contribution in [1.29, 1.82) is 0 Å². The maximum atomic E-state index is 12.8. The van der Waals surface area contributed by atoms with Gasteiger partial charge in [-0.05, 0) is 58.4 Å². The average Bonchev–Trinajstić information content (AvgIpc) is 3.12. The van der Waals surface area contributed by atoms with Gasteiger partial charge >= 0.3 is 0 Å². The van der Waals surface area contributed by atoms with E-state index in [-0.39, 0.29) is 5.91 Å². The number of benzene rings is 3. The average molecular weight is 422 g/mol. The van der Waals surface area contributed by atoms with Crippen molar-refractivity contribution in [3.8, 4) is 17.1 Å². The number of hydrogen-bond acceptors (Lipinski definition) is 3. The Kier molecular flexibility index (Phi) is 4.64. The van der Waals surface area contributed by atoms with E-state index in [1.165, 1.54) is 0 Å². The zero-order chi connectivity index (χ0) is 18.8. The first kappa shape index (κ1) is 17.3. The van der Waals surface area contributed by atoms with Gasteiger partial charge in [0.15, 0.2) is 0 Å². The van der Waals surface area contributed by atoms with Crippen LogP contribution in [0.1, 0.15) is 10.4 Å². The number of imidazole rings is 1. The van der Waals surface area contributed by atoms with Gasteiger partial charge in [-0.3, -0.25) is 4.79 Å². The molecule has 0 saturated carbocycles. The summed E-state index contributed by atoms with van der Waals surface area (Å²) in [5, 5.41) is 2.98. The number of methoxy groups -OCH3 is 1. The van der Waals surface area contributed by atoms with Gasteiger partial charge < -0.3 is 15.0 Å². The molecular formula is C21H16BrN3O2. The van der Waals surface area contributed by atoms with Crippen LogP contribution in [0.2, 0.25) is 0 Å². The molecule has 0 unspecified atom stereocenters. The lowest BCUT2D eigenvalue weighted by Gasteiger charge is -2.11. The number of amides is 1. The summed E-state index contributed by atoms with van der Waals surface area (Å²) in [6.45, 7) is 0. The van der Waals surface area contributed by atoms with Crippen LogP contribution in [0.4, 0.5) is 5.69 Å². The third-order valence-electron chi connectivity index (χ3n) is 4.24. The summed E-state index contributed by atoms with van der Waals surface area (Å²) in [7, 11) is 1.57. The van der Waals surface area contributed by atoms with Crippen LogP contribution in [0.15, 0.2) is 71.2 Å². The van der Waals surface area contributed by atoms with Crippen molar-refractivity contribution in [1.82, 2.24) is 9.97 Å². The summed E-state index contributed by atoms with van der Waals surface area (Å²) in [4.78, 5) is 20.8. The minimum Gasteiger partial charge on any atom is -0.497 e. The molecule has 4 aromatic rings. The molecule has 0 fully saturated rings. The van der Waals surface area contributed by atoms with Crippen LogP contribution in [-0.2, 0) is 0 Å². The van der Waals surface area contributed by atoms with Crippen molar-refractivity contribution < 1.29 is 9.53 Å². The number of anilines is 1. The van der Waals surface area contributed by atoms with E-state index in [1.807, 2.05) is 48.5 Å². The minimum absolute atomic E-state index is 0.232. The number of H-pyrrole nitrogens is 1. The van der Waals surface area contributed by atoms with E-state index in [1.54, 1.807) is 25.3 Å². The molecular weight excluding hydrogens is 406 g/mol. The van der Waals surface area contributed by atoms with Crippen molar-refractivity contribution in [3.05, 3.63) is 76.8 Å². The monoisotopic (exact) mass is 421 g/mol. The summed E-state index contributed by atoms with van der Waals surface area (Å²) in [6, 6.07) is 20.7. The number of halogens is 1. The van der Waals surface area contributed by atoms with E-state index in [0.717, 1.165) is 16.6 Å². The molecule has 3 aromatic carbocycles. The van der Waals surface area contributed by atoms with E-state index in [9.17, 15) is 4.79 Å². The molecule has 134 valence electrons. The fourth-order valence-electron chi connectivity index (χ4n) is 2.87. The predicted octanol–water partition coefficient (Wildman–Crippen LogP) is 5.25. The van der Waals surface area contributed by atoms with Crippen molar-refractivity contribution in [2.24, 2.45) is 0 Å². The highest BCUT2D eigenvalue weighted by Gasteiger charge is 2.15. The van der Waals surface area contributed by atoms with Crippen molar-refractivity contribution in [2.45, 2.75) is 0 Å². The lowest BCUT2D eigenvalue weighted by molar-refractivity contribution is 0.102. The molecule has 0 aliphatic carbocycles. The zero-order valence-electron chi connectivity index (χ0n) is 14.5. The molecule has 6 heteroatoms. The number of rotatable bonds is 4. The van der Waals surface area contributed by atoms with Crippen LogP contribution in [0.3, 0.4) is 0 Å². The lowest BCUT2D eigenvalue weighted by Crippen LogP contribution is -2.13. The highest BCUT2D eigenvalue weighted by molar-refractivity contribution is 9.10. The number of fused-ring (bicyclic) bond motifs is 1. The van der Waals surface area contributed by atoms with Gasteiger partial charge in [0.1, 0.15) is 11.6 Å². The Hall–Kier alpha value is -3.12. The maximum absolute atomic E-state index is 12.8. The van der Waals surface area contributed by atoms with Crippen molar-refractivity contribution in [2.75, 3.05) is 12.4 Å². The molecule has 0 aliphatic rings. The molecule has 27 heavy (non-hydrogen) atoms. The molecule has 0 spiro atoms. The molecule has 0 saturated heterocycles. The van der Waals surface area contributed by atoms with E-state index in [2.05, 4.69) is 31.2 Å². The van der Waals surface area contributed by atoms with Crippen molar-refractivity contribution in [3.63, 3.8) is 0 Å². The van der Waals surface area contributed by atoms with Crippen LogP contribution in [0.25, 0.3) is 22.4 Å². The first-order valence-corrected chi connectivity index (χ1v) is 9.14. The Morgan fingerprint density at radius 3 is 2.67 bits per heavy atom. The molecule has 1 amide bonds. The van der Waals surface area contributed by atoms with E-state index in [4.69, 9.17) is 4.74 Å². The van der Waals surface area contributed by atoms with Crippen LogP contribution in [-0.4, -0.2) is 23.0 Å². The smallest absolute Gasteiger partial charge is 0.256 e. The molecule has 1 aromatic heterocycles. The molecule has 4 rings (SSSR count). The van der Waals surface area contributed by atoms with Gasteiger partial charge in [0.25, 0.3) is 5.91 Å². The normalized spacial score (nSPS) is 10.7. The lowest BCUT2D eigenvalue weighted by atomic mass is 10.1. The molecule has 5 nitrogen and oxygen atoms in total. The van der Waals surface area contributed by atoms with Crippen LogP contribution < -0.4 is 10.1 Å². The summed E-state index contributed by atoms with van der Waals surface area (Å²) < 4.78 is 5.92. The number of ether oxygens (including phenoxy) is 1.